The molecule has 0 spiro atoms. The van der Waals surface area contributed by atoms with Gasteiger partial charge in [-0.25, -0.2) is 0 Å². The molecule has 0 radical (unpaired) electrons. The predicted molar refractivity (Wildman–Crippen MR) is 81.2 cm³/mol. The molecule has 3 heteroatoms. The molecule has 1 rings (SSSR count). The third-order valence-corrected chi connectivity index (χ3v) is 3.97. The molecule has 0 heterocycles. The van der Waals surface area contributed by atoms with Crippen molar-refractivity contribution in [2.75, 3.05) is 0 Å². The van der Waals surface area contributed by atoms with Gasteiger partial charge in [0.15, 0.2) is 0 Å². The molecule has 0 aliphatic rings. The molecule has 1 aromatic carbocycles. The molecule has 0 aliphatic carbocycles. The Morgan fingerprint density at radius 2 is 1.33 bits per heavy atom. The van der Waals surface area contributed by atoms with Crippen molar-refractivity contribution in [3.63, 3.8) is 0 Å². The van der Waals surface area contributed by atoms with Gasteiger partial charge in [0.1, 0.15) is 0 Å². The van der Waals surface area contributed by atoms with Crippen LogP contribution in [0.5, 0.6) is 11.5 Å². The number of benzene rings is 1. The fourth-order valence-electron chi connectivity index (χ4n) is 2.67. The normalized spacial score (nSPS) is 10.4. The van der Waals surface area contributed by atoms with Gasteiger partial charge in [0, 0.05) is 0 Å². The third-order valence-electron chi connectivity index (χ3n) is 3.97. The molecule has 0 bridgehead atoms. The standard InChI is InChI=1S/C18H30O2.Ni/c1-4-7-9-11-15-13-14(6-3)17(19)18(20)16(15)12-10-8-5-2;/h13,19-20H,4-12H2,1-3H3;/q;+2/p-2. The maximum Gasteiger partial charge on any atom is 2.00 e. The summed E-state index contributed by atoms with van der Waals surface area (Å²) in [6.07, 6.45) is 9.11. The van der Waals surface area contributed by atoms with E-state index in [9.17, 15) is 10.2 Å². The summed E-state index contributed by atoms with van der Waals surface area (Å²) in [6, 6.07) is 2.00. The van der Waals surface area contributed by atoms with Crippen LogP contribution in [0.25, 0.3) is 0 Å². The molecule has 0 aliphatic heterocycles. The SMILES string of the molecule is CCCCCc1cc(CC)c([O-])c([O-])c1CCCCC.[Ni+2]. The van der Waals surface area contributed by atoms with Crippen molar-refractivity contribution in [2.45, 2.75) is 78.6 Å². The minimum absolute atomic E-state index is 0. The molecule has 122 valence electrons. The molecule has 0 amide bonds. The van der Waals surface area contributed by atoms with Crippen molar-refractivity contribution < 1.29 is 26.7 Å². The van der Waals surface area contributed by atoms with Gasteiger partial charge in [0.25, 0.3) is 0 Å². The Bertz CT molecular complexity index is 416. The van der Waals surface area contributed by atoms with Crippen LogP contribution in [0.1, 0.15) is 76.0 Å². The first-order valence-corrected chi connectivity index (χ1v) is 8.17. The van der Waals surface area contributed by atoms with Gasteiger partial charge in [0.2, 0.25) is 0 Å². The van der Waals surface area contributed by atoms with E-state index in [1.54, 1.807) is 0 Å². The molecule has 21 heavy (non-hydrogen) atoms. The maximum atomic E-state index is 12.3. The van der Waals surface area contributed by atoms with Crippen LogP contribution in [0.4, 0.5) is 0 Å². The van der Waals surface area contributed by atoms with Crippen LogP contribution in [0.3, 0.4) is 0 Å². The van der Waals surface area contributed by atoms with Crippen molar-refractivity contribution in [3.05, 3.63) is 22.8 Å². The van der Waals surface area contributed by atoms with Crippen molar-refractivity contribution in [2.24, 2.45) is 0 Å². The molecule has 2 nitrogen and oxygen atoms in total. The van der Waals surface area contributed by atoms with Gasteiger partial charge in [-0.3, -0.25) is 0 Å². The summed E-state index contributed by atoms with van der Waals surface area (Å²) in [5.74, 6) is -0.495. The molecule has 0 unspecified atom stereocenters. The van der Waals surface area contributed by atoms with Crippen molar-refractivity contribution in [1.29, 1.82) is 0 Å². The largest absolute Gasteiger partial charge is 2.00 e. The van der Waals surface area contributed by atoms with Gasteiger partial charge in [-0.2, -0.15) is 0 Å². The molecule has 0 saturated heterocycles. The second-order valence-electron chi connectivity index (χ2n) is 5.60. The summed E-state index contributed by atoms with van der Waals surface area (Å²) in [4.78, 5) is 0. The van der Waals surface area contributed by atoms with E-state index in [-0.39, 0.29) is 28.0 Å². The van der Waals surface area contributed by atoms with Gasteiger partial charge in [-0.15, -0.1) is 11.5 Å². The van der Waals surface area contributed by atoms with Crippen LogP contribution in [0.2, 0.25) is 0 Å². The van der Waals surface area contributed by atoms with E-state index in [1.807, 2.05) is 13.0 Å². The summed E-state index contributed by atoms with van der Waals surface area (Å²) in [5.41, 5.74) is 2.63. The van der Waals surface area contributed by atoms with Gasteiger partial charge >= 0.3 is 16.5 Å². The maximum absolute atomic E-state index is 12.3. The Balaban J connectivity index is 0.00000400. The quantitative estimate of drug-likeness (QED) is 0.508. The summed E-state index contributed by atoms with van der Waals surface area (Å²) in [6.45, 7) is 6.28. The van der Waals surface area contributed by atoms with Gasteiger partial charge in [-0.1, -0.05) is 63.6 Å². The van der Waals surface area contributed by atoms with E-state index in [2.05, 4.69) is 13.8 Å². The molecule has 0 saturated carbocycles. The molecular formula is C18H28NiO2. The molecular weight excluding hydrogens is 307 g/mol. The van der Waals surface area contributed by atoms with Crippen LogP contribution in [-0.4, -0.2) is 0 Å². The number of hydrogen-bond donors (Lipinski definition) is 0. The van der Waals surface area contributed by atoms with Crippen LogP contribution < -0.4 is 10.2 Å². The smallest absolute Gasteiger partial charge is 0.873 e. The molecule has 0 aromatic heterocycles. The van der Waals surface area contributed by atoms with Crippen LogP contribution >= 0.6 is 0 Å². The fourth-order valence-corrected chi connectivity index (χ4v) is 2.67. The first-order chi connectivity index (χ1) is 9.65. The average Bonchev–Trinajstić information content (AvgIpc) is 2.45. The monoisotopic (exact) mass is 334 g/mol. The predicted octanol–water partition coefficient (Wildman–Crippen LogP) is 3.86. The first kappa shape index (κ1) is 20.3. The number of unbranched alkanes of at least 4 members (excludes halogenated alkanes) is 4. The zero-order chi connectivity index (χ0) is 15.0. The van der Waals surface area contributed by atoms with E-state index < -0.39 is 0 Å². The van der Waals surface area contributed by atoms with Gasteiger partial charge < -0.3 is 10.2 Å². The molecule has 1 aromatic rings. The Morgan fingerprint density at radius 1 is 0.762 bits per heavy atom. The number of hydrogen-bond acceptors (Lipinski definition) is 2. The Labute approximate surface area is 139 Å². The first-order valence-electron chi connectivity index (χ1n) is 8.17. The molecule has 0 N–H and O–H groups in total. The topological polar surface area (TPSA) is 46.1 Å². The Kier molecular flexibility index (Phi) is 10.6. The summed E-state index contributed by atoms with van der Waals surface area (Å²) < 4.78 is 0. The van der Waals surface area contributed by atoms with Crippen molar-refractivity contribution in [1.82, 2.24) is 0 Å². The molecule has 0 fully saturated rings. The fraction of sp³-hybridized carbons (Fsp3) is 0.667. The van der Waals surface area contributed by atoms with Crippen LogP contribution in [0.15, 0.2) is 6.07 Å². The van der Waals surface area contributed by atoms with Gasteiger partial charge in [0.05, 0.1) is 0 Å². The van der Waals surface area contributed by atoms with E-state index in [0.717, 1.165) is 49.7 Å². The van der Waals surface area contributed by atoms with Crippen LogP contribution in [-0.2, 0) is 35.8 Å². The van der Waals surface area contributed by atoms with Crippen molar-refractivity contribution in [3.8, 4) is 11.5 Å². The molecule has 0 atom stereocenters. The average molecular weight is 335 g/mol. The minimum atomic E-state index is -0.266. The zero-order valence-corrected chi connectivity index (χ0v) is 14.6. The second kappa shape index (κ2) is 11.0. The Hall–Kier alpha value is -0.686. The van der Waals surface area contributed by atoms with E-state index in [1.165, 1.54) is 12.8 Å². The summed E-state index contributed by atoms with van der Waals surface area (Å²) >= 11 is 0. The second-order valence-corrected chi connectivity index (χ2v) is 5.60. The van der Waals surface area contributed by atoms with Crippen molar-refractivity contribution >= 4 is 0 Å². The van der Waals surface area contributed by atoms with E-state index in [0.29, 0.717) is 12.0 Å². The summed E-state index contributed by atoms with van der Waals surface area (Å²) in [7, 11) is 0. The third kappa shape index (κ3) is 5.90. The number of rotatable bonds is 9. The minimum Gasteiger partial charge on any atom is -0.873 e. The summed E-state index contributed by atoms with van der Waals surface area (Å²) in [5, 5.41) is 24.3. The zero-order valence-electron chi connectivity index (χ0n) is 13.6. The Morgan fingerprint density at radius 3 is 1.86 bits per heavy atom. The number of aryl methyl sites for hydroxylation is 2. The van der Waals surface area contributed by atoms with Gasteiger partial charge in [-0.05, 0) is 37.7 Å². The van der Waals surface area contributed by atoms with E-state index >= 15 is 0 Å². The van der Waals surface area contributed by atoms with E-state index in [4.69, 9.17) is 0 Å². The van der Waals surface area contributed by atoms with Crippen LogP contribution in [0, 0.1) is 0 Å².